The van der Waals surface area contributed by atoms with E-state index < -0.39 is 29.1 Å². The molecule has 1 aliphatic rings. The number of benzene rings is 1. The first-order chi connectivity index (χ1) is 14.7. The van der Waals surface area contributed by atoms with Gasteiger partial charge in [-0.25, -0.2) is 18.6 Å². The molecule has 0 spiro atoms. The van der Waals surface area contributed by atoms with E-state index in [1.54, 1.807) is 12.1 Å². The Labute approximate surface area is 180 Å². The van der Waals surface area contributed by atoms with Crippen molar-refractivity contribution >= 4 is 17.6 Å². The highest BCUT2D eigenvalue weighted by Gasteiger charge is 2.32. The van der Waals surface area contributed by atoms with E-state index in [0.29, 0.717) is 29.3 Å². The van der Waals surface area contributed by atoms with Crippen LogP contribution in [0.25, 0.3) is 0 Å². The summed E-state index contributed by atoms with van der Waals surface area (Å²) in [6, 6.07) is 5.32. The number of nitrogens with one attached hydrogen (secondary N) is 2. The predicted molar refractivity (Wildman–Crippen MR) is 113 cm³/mol. The van der Waals surface area contributed by atoms with E-state index >= 15 is 0 Å². The number of aromatic nitrogens is 1. The van der Waals surface area contributed by atoms with Gasteiger partial charge in [0.05, 0.1) is 11.9 Å². The molecule has 1 aliphatic carbocycles. The lowest BCUT2D eigenvalue weighted by molar-refractivity contribution is 0.0426. The molecule has 0 radical (unpaired) electrons. The fraction of sp³-hybridized carbons (Fsp3) is 0.435. The van der Waals surface area contributed by atoms with E-state index in [1.807, 2.05) is 5.32 Å². The first-order valence-electron chi connectivity index (χ1n) is 10.4. The van der Waals surface area contributed by atoms with Gasteiger partial charge in [0.15, 0.2) is 0 Å². The summed E-state index contributed by atoms with van der Waals surface area (Å²) >= 11 is 0. The first kappa shape index (κ1) is 22.7. The molecule has 3 unspecified atom stereocenters. The minimum atomic E-state index is -1.17. The van der Waals surface area contributed by atoms with Gasteiger partial charge >= 0.3 is 6.03 Å². The molecule has 3 amide bonds. The largest absolute Gasteiger partial charge is 0.474 e. The first-order valence-corrected chi connectivity index (χ1v) is 10.4. The van der Waals surface area contributed by atoms with E-state index in [0.717, 1.165) is 31.0 Å². The molecule has 0 bridgehead atoms. The van der Waals surface area contributed by atoms with E-state index in [9.17, 15) is 18.4 Å². The third-order valence-electron chi connectivity index (χ3n) is 5.64. The van der Waals surface area contributed by atoms with Crippen LogP contribution < -0.4 is 15.4 Å². The second kappa shape index (κ2) is 9.85. The number of hydrogen-bond acceptors (Lipinski definition) is 4. The molecule has 31 heavy (non-hydrogen) atoms. The number of halogens is 2. The van der Waals surface area contributed by atoms with Gasteiger partial charge in [0.1, 0.15) is 23.3 Å². The van der Waals surface area contributed by atoms with Crippen molar-refractivity contribution in [2.24, 2.45) is 17.8 Å². The average molecular weight is 431 g/mol. The van der Waals surface area contributed by atoms with Crippen LogP contribution in [-0.4, -0.2) is 23.0 Å². The van der Waals surface area contributed by atoms with E-state index in [4.69, 9.17) is 4.74 Å². The Bertz CT molecular complexity index is 914. The Hall–Kier alpha value is -3.03. The smallest absolute Gasteiger partial charge is 0.326 e. The molecule has 0 saturated heterocycles. The number of carbonyl (C=O) groups is 2. The van der Waals surface area contributed by atoms with Crippen molar-refractivity contribution in [3.63, 3.8) is 0 Å². The van der Waals surface area contributed by atoms with E-state index in [-0.39, 0.29) is 6.10 Å². The summed E-state index contributed by atoms with van der Waals surface area (Å²) in [5.74, 6) is -1.24. The molecule has 1 saturated carbocycles. The van der Waals surface area contributed by atoms with Crippen molar-refractivity contribution in [2.45, 2.75) is 46.1 Å². The van der Waals surface area contributed by atoms with Crippen LogP contribution in [0.2, 0.25) is 0 Å². The summed E-state index contributed by atoms with van der Waals surface area (Å²) < 4.78 is 33.5. The van der Waals surface area contributed by atoms with Crippen molar-refractivity contribution < 1.29 is 23.1 Å². The topological polar surface area (TPSA) is 80.3 Å². The molecule has 0 aliphatic heterocycles. The van der Waals surface area contributed by atoms with Crippen LogP contribution in [0.5, 0.6) is 5.88 Å². The molecule has 1 aromatic heterocycles. The highest BCUT2D eigenvalue weighted by Crippen LogP contribution is 2.35. The van der Waals surface area contributed by atoms with Crippen LogP contribution in [0.1, 0.15) is 50.4 Å². The second-order valence-corrected chi connectivity index (χ2v) is 8.37. The van der Waals surface area contributed by atoms with Gasteiger partial charge in [-0.2, -0.15) is 0 Å². The lowest BCUT2D eigenvalue weighted by atomic mass is 9.75. The molecule has 6 nitrogen and oxygen atoms in total. The molecule has 2 aromatic rings. The highest BCUT2D eigenvalue weighted by atomic mass is 19.1. The van der Waals surface area contributed by atoms with Gasteiger partial charge in [0.2, 0.25) is 5.88 Å². The van der Waals surface area contributed by atoms with Crippen LogP contribution in [-0.2, 0) is 0 Å². The maximum Gasteiger partial charge on any atom is 0.326 e. The Kier molecular flexibility index (Phi) is 7.20. The Morgan fingerprint density at radius 1 is 1.13 bits per heavy atom. The number of pyridine rings is 1. The minimum absolute atomic E-state index is 0.0895. The van der Waals surface area contributed by atoms with Crippen LogP contribution in [0, 0.1) is 29.4 Å². The minimum Gasteiger partial charge on any atom is -0.474 e. The summed E-state index contributed by atoms with van der Waals surface area (Å²) in [6.45, 7) is 6.62. The van der Waals surface area contributed by atoms with Gasteiger partial charge in [-0.15, -0.1) is 0 Å². The fourth-order valence-electron chi connectivity index (χ4n) is 3.97. The number of urea groups is 1. The maximum atomic E-state index is 13.7. The highest BCUT2D eigenvalue weighted by molar-refractivity contribution is 6.08. The van der Waals surface area contributed by atoms with Crippen LogP contribution in [0.4, 0.5) is 19.3 Å². The number of nitrogens with zero attached hydrogens (tertiary/aromatic N) is 1. The molecule has 2 N–H and O–H groups in total. The third-order valence-corrected chi connectivity index (χ3v) is 5.64. The quantitative estimate of drug-likeness (QED) is 0.685. The molecular formula is C23H27F2N3O3. The average Bonchev–Trinajstić information content (AvgIpc) is 2.69. The number of anilines is 1. The zero-order valence-electron chi connectivity index (χ0n) is 17.8. The monoisotopic (exact) mass is 431 g/mol. The number of carbonyl (C=O) groups excluding carboxylic acids is 2. The maximum absolute atomic E-state index is 13.7. The van der Waals surface area contributed by atoms with Gasteiger partial charge in [-0.1, -0.05) is 33.3 Å². The third kappa shape index (κ3) is 5.77. The van der Waals surface area contributed by atoms with Gasteiger partial charge in [0.25, 0.3) is 5.91 Å². The van der Waals surface area contributed by atoms with Crippen LogP contribution >= 0.6 is 0 Å². The number of imide groups is 1. The Morgan fingerprint density at radius 3 is 2.45 bits per heavy atom. The molecule has 1 aromatic carbocycles. The summed E-state index contributed by atoms with van der Waals surface area (Å²) in [5.41, 5.74) is -0.509. The molecule has 8 heteroatoms. The lowest BCUT2D eigenvalue weighted by Gasteiger charge is -2.37. The molecule has 1 heterocycles. The lowest BCUT2D eigenvalue weighted by Crippen LogP contribution is -2.36. The van der Waals surface area contributed by atoms with E-state index in [2.05, 4.69) is 31.1 Å². The standard InChI is InChI=1S/C23H27F2N3O3/c1-13(2)16-9-7-14(3)11-19(16)31-20-10-8-15(12-26-20)27-23(30)28-22(29)21-17(24)5-4-6-18(21)25/h4-6,8,10,12-14,16,19H,7,9,11H2,1-3H3,(H2,27,28,29,30). The molecule has 1 fully saturated rings. The number of hydrogen-bond donors (Lipinski definition) is 2. The van der Waals surface area contributed by atoms with Crippen molar-refractivity contribution in [3.05, 3.63) is 53.7 Å². The van der Waals surface area contributed by atoms with Gasteiger partial charge in [0, 0.05) is 6.07 Å². The van der Waals surface area contributed by atoms with Crippen molar-refractivity contribution in [3.8, 4) is 5.88 Å². The van der Waals surface area contributed by atoms with Crippen molar-refractivity contribution in [1.82, 2.24) is 10.3 Å². The fourth-order valence-corrected chi connectivity index (χ4v) is 3.97. The zero-order chi connectivity index (χ0) is 22.5. The number of ether oxygens (including phenoxy) is 1. The Morgan fingerprint density at radius 2 is 1.84 bits per heavy atom. The van der Waals surface area contributed by atoms with Gasteiger partial charge in [-0.3, -0.25) is 10.1 Å². The van der Waals surface area contributed by atoms with Gasteiger partial charge < -0.3 is 10.1 Å². The number of amides is 3. The number of rotatable bonds is 5. The zero-order valence-corrected chi connectivity index (χ0v) is 17.8. The predicted octanol–water partition coefficient (Wildman–Crippen LogP) is 5.16. The van der Waals surface area contributed by atoms with Crippen LogP contribution in [0.3, 0.4) is 0 Å². The SMILES string of the molecule is CC1CCC(C(C)C)C(Oc2ccc(NC(=O)NC(=O)c3c(F)cccc3F)cn2)C1. The molecule has 3 atom stereocenters. The second-order valence-electron chi connectivity index (χ2n) is 8.37. The molecule has 3 rings (SSSR count). The van der Waals surface area contributed by atoms with Gasteiger partial charge in [-0.05, 0) is 48.8 Å². The van der Waals surface area contributed by atoms with Crippen molar-refractivity contribution in [2.75, 3.05) is 5.32 Å². The normalized spacial score (nSPS) is 20.9. The summed E-state index contributed by atoms with van der Waals surface area (Å²) in [4.78, 5) is 28.3. The molecule has 166 valence electrons. The summed E-state index contributed by atoms with van der Waals surface area (Å²) in [5, 5.41) is 4.31. The van der Waals surface area contributed by atoms with E-state index in [1.165, 1.54) is 12.6 Å². The molecular weight excluding hydrogens is 404 g/mol. The summed E-state index contributed by atoms with van der Waals surface area (Å²) in [7, 11) is 0. The summed E-state index contributed by atoms with van der Waals surface area (Å²) in [6.07, 6.45) is 4.79. The van der Waals surface area contributed by atoms with Crippen LogP contribution in [0.15, 0.2) is 36.5 Å². The van der Waals surface area contributed by atoms with Crippen molar-refractivity contribution in [1.29, 1.82) is 0 Å². The Balaban J connectivity index is 1.59.